The third kappa shape index (κ3) is 4.09. The van der Waals surface area contributed by atoms with Crippen molar-refractivity contribution in [3.63, 3.8) is 0 Å². The second-order valence-electron chi connectivity index (χ2n) is 4.28. The topological polar surface area (TPSA) is 128 Å². The molecule has 1 unspecified atom stereocenters. The molecular formula is C12H20N4O5. The number of ether oxygens (including phenoxy) is 2. The average molecular weight is 300 g/mol. The molecule has 0 saturated carbocycles. The lowest BCUT2D eigenvalue weighted by Crippen LogP contribution is -2.38. The minimum absolute atomic E-state index is 0.0498. The molecule has 118 valence electrons. The third-order valence-corrected chi connectivity index (χ3v) is 2.76. The van der Waals surface area contributed by atoms with Crippen molar-refractivity contribution in [2.24, 2.45) is 0 Å². The van der Waals surface area contributed by atoms with E-state index in [-0.39, 0.29) is 31.3 Å². The number of aromatic amines is 1. The van der Waals surface area contributed by atoms with Crippen molar-refractivity contribution < 1.29 is 14.3 Å². The molecule has 9 nitrogen and oxygen atoms in total. The zero-order chi connectivity index (χ0) is 16.0. The van der Waals surface area contributed by atoms with Gasteiger partial charge < -0.3 is 20.5 Å². The van der Waals surface area contributed by atoms with Gasteiger partial charge in [-0.1, -0.05) is 0 Å². The Bertz CT molecular complexity index is 607. The number of anilines is 2. The second kappa shape index (κ2) is 7.48. The predicted octanol–water partition coefficient (Wildman–Crippen LogP) is -0.871. The highest BCUT2D eigenvalue weighted by molar-refractivity contribution is 5.80. The minimum Gasteiger partial charge on any atom is -0.464 e. The Morgan fingerprint density at radius 3 is 2.71 bits per heavy atom. The predicted molar refractivity (Wildman–Crippen MR) is 77.3 cm³/mol. The minimum atomic E-state index is -0.776. The molecular weight excluding hydrogens is 280 g/mol. The highest BCUT2D eigenvalue weighted by Crippen LogP contribution is 2.11. The van der Waals surface area contributed by atoms with Gasteiger partial charge in [0.25, 0.3) is 5.56 Å². The molecule has 0 radical (unpaired) electrons. The van der Waals surface area contributed by atoms with Gasteiger partial charge in [0.2, 0.25) is 0 Å². The van der Waals surface area contributed by atoms with Crippen molar-refractivity contribution in [1.82, 2.24) is 9.55 Å². The summed E-state index contributed by atoms with van der Waals surface area (Å²) in [4.78, 5) is 37.2. The van der Waals surface area contributed by atoms with Crippen LogP contribution < -0.4 is 22.3 Å². The van der Waals surface area contributed by atoms with E-state index in [9.17, 15) is 14.4 Å². The van der Waals surface area contributed by atoms with E-state index in [1.807, 2.05) is 0 Å². The second-order valence-corrected chi connectivity index (χ2v) is 4.28. The van der Waals surface area contributed by atoms with Gasteiger partial charge in [-0.2, -0.15) is 0 Å². The SMILES string of the molecule is CCOC(=O)C(C)Nc1c(N)n(CCOC)c(=O)[nH]c1=O. The smallest absolute Gasteiger partial charge is 0.330 e. The van der Waals surface area contributed by atoms with E-state index in [4.69, 9.17) is 15.2 Å². The number of H-pyrrole nitrogens is 1. The van der Waals surface area contributed by atoms with Gasteiger partial charge in [-0.3, -0.25) is 14.3 Å². The molecule has 0 aliphatic heterocycles. The summed E-state index contributed by atoms with van der Waals surface area (Å²) in [5.74, 6) is -0.581. The Morgan fingerprint density at radius 2 is 2.14 bits per heavy atom. The Labute approximate surface area is 121 Å². The van der Waals surface area contributed by atoms with E-state index < -0.39 is 23.3 Å². The maximum atomic E-state index is 11.8. The number of aromatic nitrogens is 2. The van der Waals surface area contributed by atoms with E-state index in [1.54, 1.807) is 6.92 Å². The molecule has 0 saturated heterocycles. The van der Waals surface area contributed by atoms with Crippen LogP contribution in [0.2, 0.25) is 0 Å². The Hall–Kier alpha value is -2.29. The van der Waals surface area contributed by atoms with Gasteiger partial charge in [0.05, 0.1) is 19.8 Å². The summed E-state index contributed by atoms with van der Waals surface area (Å²) in [7, 11) is 1.48. The van der Waals surface area contributed by atoms with Crippen LogP contribution in [0.3, 0.4) is 0 Å². The molecule has 0 aliphatic rings. The van der Waals surface area contributed by atoms with Crippen LogP contribution in [0.1, 0.15) is 13.8 Å². The summed E-state index contributed by atoms with van der Waals surface area (Å²) in [5.41, 5.74) is 4.44. The molecule has 0 fully saturated rings. The standard InChI is InChI=1S/C12H20N4O5/c1-4-21-11(18)7(2)14-8-9(13)16(5-6-20-3)12(19)15-10(8)17/h7,14H,4-6,13H2,1-3H3,(H,15,17,19). The average Bonchev–Trinajstić information content (AvgIpc) is 2.43. The van der Waals surface area contributed by atoms with Gasteiger partial charge in [-0.15, -0.1) is 0 Å². The first-order valence-corrected chi connectivity index (χ1v) is 6.47. The number of rotatable bonds is 7. The molecule has 1 heterocycles. The number of hydrogen-bond donors (Lipinski definition) is 3. The van der Waals surface area contributed by atoms with Crippen LogP contribution in [0.15, 0.2) is 9.59 Å². The first-order chi connectivity index (χ1) is 9.92. The van der Waals surface area contributed by atoms with E-state index in [0.29, 0.717) is 0 Å². The van der Waals surface area contributed by atoms with Crippen molar-refractivity contribution in [3.8, 4) is 0 Å². The molecule has 1 rings (SSSR count). The molecule has 1 aromatic heterocycles. The molecule has 0 aromatic carbocycles. The number of nitrogens with one attached hydrogen (secondary N) is 2. The molecule has 1 atom stereocenters. The zero-order valence-electron chi connectivity index (χ0n) is 12.3. The number of nitrogens with two attached hydrogens (primary N) is 1. The number of nitrogens with zero attached hydrogens (tertiary/aromatic N) is 1. The Balaban J connectivity index is 3.09. The number of hydrogen-bond acceptors (Lipinski definition) is 7. The van der Waals surface area contributed by atoms with Gasteiger partial charge in [0, 0.05) is 7.11 Å². The van der Waals surface area contributed by atoms with E-state index >= 15 is 0 Å². The van der Waals surface area contributed by atoms with Crippen LogP contribution in [0.4, 0.5) is 11.5 Å². The monoisotopic (exact) mass is 300 g/mol. The molecule has 0 aliphatic carbocycles. The Morgan fingerprint density at radius 1 is 1.48 bits per heavy atom. The number of esters is 1. The molecule has 4 N–H and O–H groups in total. The summed E-state index contributed by atoms with van der Waals surface area (Å²) in [5, 5.41) is 2.66. The van der Waals surface area contributed by atoms with Crippen molar-refractivity contribution in [3.05, 3.63) is 20.8 Å². The fourth-order valence-electron chi connectivity index (χ4n) is 1.67. The quantitative estimate of drug-likeness (QED) is 0.558. The summed E-state index contributed by atoms with van der Waals surface area (Å²) in [6.07, 6.45) is 0. The lowest BCUT2D eigenvalue weighted by atomic mass is 10.3. The van der Waals surface area contributed by atoms with Gasteiger partial charge in [-0.25, -0.2) is 9.59 Å². The van der Waals surface area contributed by atoms with Crippen molar-refractivity contribution in [2.75, 3.05) is 31.4 Å². The maximum absolute atomic E-state index is 11.8. The third-order valence-electron chi connectivity index (χ3n) is 2.76. The molecule has 9 heteroatoms. The van der Waals surface area contributed by atoms with Crippen LogP contribution in [-0.2, 0) is 20.8 Å². The van der Waals surface area contributed by atoms with Gasteiger partial charge in [-0.05, 0) is 13.8 Å². The van der Waals surface area contributed by atoms with Gasteiger partial charge in [0.1, 0.15) is 17.5 Å². The van der Waals surface area contributed by atoms with E-state index in [1.165, 1.54) is 14.0 Å². The van der Waals surface area contributed by atoms with E-state index in [2.05, 4.69) is 10.3 Å². The lowest BCUT2D eigenvalue weighted by molar-refractivity contribution is -0.143. The molecule has 0 spiro atoms. The van der Waals surface area contributed by atoms with Crippen LogP contribution in [0.25, 0.3) is 0 Å². The number of methoxy groups -OCH3 is 1. The van der Waals surface area contributed by atoms with Crippen molar-refractivity contribution in [2.45, 2.75) is 26.4 Å². The highest BCUT2D eigenvalue weighted by atomic mass is 16.5. The van der Waals surface area contributed by atoms with Gasteiger partial charge in [0.15, 0.2) is 0 Å². The first-order valence-electron chi connectivity index (χ1n) is 6.47. The number of nitrogen functional groups attached to an aromatic ring is 1. The fourth-order valence-corrected chi connectivity index (χ4v) is 1.67. The van der Waals surface area contributed by atoms with Crippen LogP contribution in [-0.4, -0.2) is 41.9 Å². The van der Waals surface area contributed by atoms with E-state index in [0.717, 1.165) is 4.57 Å². The maximum Gasteiger partial charge on any atom is 0.330 e. The van der Waals surface area contributed by atoms with Crippen LogP contribution >= 0.6 is 0 Å². The molecule has 21 heavy (non-hydrogen) atoms. The van der Waals surface area contributed by atoms with Gasteiger partial charge >= 0.3 is 11.7 Å². The van der Waals surface area contributed by atoms with Crippen LogP contribution in [0.5, 0.6) is 0 Å². The summed E-state index contributed by atoms with van der Waals surface area (Å²) in [6.45, 7) is 3.87. The van der Waals surface area contributed by atoms with Crippen molar-refractivity contribution in [1.29, 1.82) is 0 Å². The Kier molecular flexibility index (Phi) is 5.97. The zero-order valence-corrected chi connectivity index (χ0v) is 12.3. The van der Waals surface area contributed by atoms with Crippen LogP contribution in [0, 0.1) is 0 Å². The largest absolute Gasteiger partial charge is 0.464 e. The number of carbonyl (C=O) groups excluding carboxylic acids is 1. The summed E-state index contributed by atoms with van der Waals surface area (Å²) < 4.78 is 10.9. The highest BCUT2D eigenvalue weighted by Gasteiger charge is 2.19. The summed E-state index contributed by atoms with van der Waals surface area (Å²) in [6, 6.07) is -0.776. The first kappa shape index (κ1) is 16.8. The molecule has 0 amide bonds. The molecule has 0 bridgehead atoms. The normalized spacial score (nSPS) is 12.0. The van der Waals surface area contributed by atoms with Crippen molar-refractivity contribution >= 4 is 17.5 Å². The number of carbonyl (C=O) groups is 1. The fraction of sp³-hybridized carbons (Fsp3) is 0.583. The molecule has 1 aromatic rings. The lowest BCUT2D eigenvalue weighted by Gasteiger charge is -2.17. The summed E-state index contributed by atoms with van der Waals surface area (Å²) >= 11 is 0.